The Balaban J connectivity index is 1.97. The Morgan fingerprint density at radius 3 is 2.48 bits per heavy atom. The first-order chi connectivity index (χ1) is 10.9. The van der Waals surface area contributed by atoms with Crippen molar-refractivity contribution in [2.45, 2.75) is 13.8 Å². The molecule has 0 aliphatic rings. The molecule has 0 aliphatic heterocycles. The van der Waals surface area contributed by atoms with E-state index in [1.807, 2.05) is 26.0 Å². The van der Waals surface area contributed by atoms with Crippen LogP contribution in [0, 0.1) is 29.8 Å². The molecule has 2 N–H and O–H groups in total. The second-order valence-corrected chi connectivity index (χ2v) is 5.12. The largest absolute Gasteiger partial charge is 0.376 e. The second kappa shape index (κ2) is 6.87. The number of nitrogens with zero attached hydrogens (tertiary/aromatic N) is 1. The molecule has 23 heavy (non-hydrogen) atoms. The number of rotatable bonds is 5. The van der Waals surface area contributed by atoms with E-state index in [1.165, 1.54) is 6.07 Å². The Hall–Kier alpha value is -2.96. The van der Waals surface area contributed by atoms with E-state index in [9.17, 15) is 19.3 Å². The van der Waals surface area contributed by atoms with Gasteiger partial charge in [-0.15, -0.1) is 0 Å². The molecule has 6 nitrogen and oxygen atoms in total. The summed E-state index contributed by atoms with van der Waals surface area (Å²) in [6.07, 6.45) is 0. The number of hydrogen-bond acceptors (Lipinski definition) is 4. The van der Waals surface area contributed by atoms with Crippen molar-refractivity contribution in [1.29, 1.82) is 0 Å². The van der Waals surface area contributed by atoms with Crippen LogP contribution in [0.15, 0.2) is 36.4 Å². The summed E-state index contributed by atoms with van der Waals surface area (Å²) in [7, 11) is 0. The van der Waals surface area contributed by atoms with Crippen LogP contribution in [0.4, 0.5) is 21.5 Å². The molecule has 120 valence electrons. The summed E-state index contributed by atoms with van der Waals surface area (Å²) in [5.41, 5.74) is 2.52. The van der Waals surface area contributed by atoms with Crippen LogP contribution in [0.3, 0.4) is 0 Å². The zero-order chi connectivity index (χ0) is 17.0. The van der Waals surface area contributed by atoms with E-state index in [0.717, 1.165) is 23.3 Å². The van der Waals surface area contributed by atoms with Crippen molar-refractivity contribution in [3.8, 4) is 0 Å². The van der Waals surface area contributed by atoms with Crippen molar-refractivity contribution >= 4 is 23.0 Å². The molecule has 1 amide bonds. The van der Waals surface area contributed by atoms with E-state index >= 15 is 0 Å². The molecule has 0 unspecified atom stereocenters. The topological polar surface area (TPSA) is 84.3 Å². The molecule has 0 saturated carbocycles. The van der Waals surface area contributed by atoms with Crippen molar-refractivity contribution in [1.82, 2.24) is 0 Å². The Morgan fingerprint density at radius 2 is 1.83 bits per heavy atom. The number of benzene rings is 2. The molecule has 0 bridgehead atoms. The highest BCUT2D eigenvalue weighted by Crippen LogP contribution is 2.21. The second-order valence-electron chi connectivity index (χ2n) is 5.12. The van der Waals surface area contributed by atoms with Gasteiger partial charge in [-0.05, 0) is 49.2 Å². The molecule has 0 saturated heterocycles. The number of hydrogen-bond donors (Lipinski definition) is 2. The van der Waals surface area contributed by atoms with Crippen LogP contribution < -0.4 is 10.6 Å². The Kier molecular flexibility index (Phi) is 4.90. The maximum Gasteiger partial charge on any atom is 0.306 e. The monoisotopic (exact) mass is 317 g/mol. The van der Waals surface area contributed by atoms with Crippen molar-refractivity contribution < 1.29 is 14.1 Å². The van der Waals surface area contributed by atoms with Crippen molar-refractivity contribution in [3.05, 3.63) is 63.5 Å². The van der Waals surface area contributed by atoms with Gasteiger partial charge in [0.25, 0.3) is 0 Å². The summed E-state index contributed by atoms with van der Waals surface area (Å²) < 4.78 is 13.2. The van der Waals surface area contributed by atoms with Crippen LogP contribution in [-0.4, -0.2) is 17.4 Å². The molecule has 0 heterocycles. The SMILES string of the molecule is Cc1ccc(NC(=O)CNc2ccc(F)c([N+](=O)[O-])c2)cc1C. The molecule has 0 aromatic heterocycles. The summed E-state index contributed by atoms with van der Waals surface area (Å²) in [5, 5.41) is 16.1. The van der Waals surface area contributed by atoms with E-state index in [4.69, 9.17) is 0 Å². The van der Waals surface area contributed by atoms with E-state index in [2.05, 4.69) is 10.6 Å². The minimum Gasteiger partial charge on any atom is -0.376 e. The third-order valence-corrected chi connectivity index (χ3v) is 3.39. The molecular formula is C16H16FN3O3. The Bertz CT molecular complexity index is 762. The molecular weight excluding hydrogens is 301 g/mol. The summed E-state index contributed by atoms with van der Waals surface area (Å²) in [5.74, 6) is -1.22. The molecule has 0 spiro atoms. The Labute approximate surface area is 132 Å². The van der Waals surface area contributed by atoms with Crippen LogP contribution in [-0.2, 0) is 4.79 Å². The normalized spacial score (nSPS) is 10.2. The van der Waals surface area contributed by atoms with Crippen LogP contribution in [0.5, 0.6) is 0 Å². The highest BCUT2D eigenvalue weighted by molar-refractivity contribution is 5.93. The zero-order valence-corrected chi connectivity index (χ0v) is 12.7. The van der Waals surface area contributed by atoms with Crippen LogP contribution in [0.2, 0.25) is 0 Å². The standard InChI is InChI=1S/C16H16FN3O3/c1-10-3-4-13(7-11(10)2)19-16(21)9-18-12-5-6-14(17)15(8-12)20(22)23/h3-8,18H,9H2,1-2H3,(H,19,21). The number of amides is 1. The van der Waals surface area contributed by atoms with Crippen molar-refractivity contribution in [3.63, 3.8) is 0 Å². The van der Waals surface area contributed by atoms with Crippen molar-refractivity contribution in [2.24, 2.45) is 0 Å². The number of halogens is 1. The lowest BCUT2D eigenvalue weighted by Crippen LogP contribution is -2.21. The average molecular weight is 317 g/mol. The van der Waals surface area contributed by atoms with E-state index < -0.39 is 16.4 Å². The average Bonchev–Trinajstić information content (AvgIpc) is 2.50. The smallest absolute Gasteiger partial charge is 0.306 e. The molecule has 2 aromatic carbocycles. The summed E-state index contributed by atoms with van der Waals surface area (Å²) in [6, 6.07) is 8.94. The maximum absolute atomic E-state index is 13.2. The van der Waals surface area contributed by atoms with Gasteiger partial charge in [0.1, 0.15) is 0 Å². The third kappa shape index (κ3) is 4.26. The first kappa shape index (κ1) is 16.4. The van der Waals surface area contributed by atoms with E-state index in [-0.39, 0.29) is 12.5 Å². The summed E-state index contributed by atoms with van der Waals surface area (Å²) in [4.78, 5) is 21.7. The van der Waals surface area contributed by atoms with Crippen LogP contribution >= 0.6 is 0 Å². The lowest BCUT2D eigenvalue weighted by Gasteiger charge is -2.09. The Morgan fingerprint density at radius 1 is 1.13 bits per heavy atom. The summed E-state index contributed by atoms with van der Waals surface area (Å²) in [6.45, 7) is 3.83. The highest BCUT2D eigenvalue weighted by atomic mass is 19.1. The van der Waals surface area contributed by atoms with Gasteiger partial charge in [0.05, 0.1) is 11.5 Å². The molecule has 7 heteroatoms. The number of carbonyl (C=O) groups is 1. The van der Waals surface area contributed by atoms with Gasteiger partial charge in [0.15, 0.2) is 0 Å². The van der Waals surface area contributed by atoms with Gasteiger partial charge < -0.3 is 10.6 Å². The predicted octanol–water partition coefficient (Wildman–Crippen LogP) is 3.40. The minimum absolute atomic E-state index is 0.0876. The van der Waals surface area contributed by atoms with Crippen molar-refractivity contribution in [2.75, 3.05) is 17.2 Å². The number of carbonyl (C=O) groups excluding carboxylic acids is 1. The first-order valence-electron chi connectivity index (χ1n) is 6.92. The summed E-state index contributed by atoms with van der Waals surface area (Å²) >= 11 is 0. The molecule has 0 aliphatic carbocycles. The van der Waals surface area contributed by atoms with Gasteiger partial charge in [-0.1, -0.05) is 6.07 Å². The molecule has 0 atom stereocenters. The number of aryl methyl sites for hydroxylation is 2. The zero-order valence-electron chi connectivity index (χ0n) is 12.7. The maximum atomic E-state index is 13.2. The van der Waals surface area contributed by atoms with Crippen LogP contribution in [0.1, 0.15) is 11.1 Å². The number of nitro groups is 1. The van der Waals surface area contributed by atoms with Gasteiger partial charge in [-0.3, -0.25) is 14.9 Å². The highest BCUT2D eigenvalue weighted by Gasteiger charge is 2.14. The first-order valence-corrected chi connectivity index (χ1v) is 6.92. The molecule has 2 rings (SSSR count). The molecule has 2 aromatic rings. The molecule has 0 radical (unpaired) electrons. The van der Waals surface area contributed by atoms with Gasteiger partial charge in [-0.2, -0.15) is 4.39 Å². The quantitative estimate of drug-likeness (QED) is 0.654. The third-order valence-electron chi connectivity index (χ3n) is 3.39. The fourth-order valence-electron chi connectivity index (χ4n) is 1.97. The van der Waals surface area contributed by atoms with Crippen LogP contribution in [0.25, 0.3) is 0 Å². The number of anilines is 2. The van der Waals surface area contributed by atoms with Gasteiger partial charge in [-0.25, -0.2) is 0 Å². The van der Waals surface area contributed by atoms with E-state index in [1.54, 1.807) is 6.07 Å². The van der Waals surface area contributed by atoms with Gasteiger partial charge in [0, 0.05) is 17.4 Å². The minimum atomic E-state index is -0.917. The lowest BCUT2D eigenvalue weighted by atomic mass is 10.1. The van der Waals surface area contributed by atoms with E-state index in [0.29, 0.717) is 11.4 Å². The number of nitro benzene ring substituents is 1. The lowest BCUT2D eigenvalue weighted by molar-refractivity contribution is -0.387. The predicted molar refractivity (Wildman–Crippen MR) is 86.1 cm³/mol. The fourth-order valence-corrected chi connectivity index (χ4v) is 1.97. The van der Waals surface area contributed by atoms with Gasteiger partial charge >= 0.3 is 5.69 Å². The molecule has 0 fully saturated rings. The number of nitrogens with one attached hydrogen (secondary N) is 2. The van der Waals surface area contributed by atoms with Gasteiger partial charge in [0.2, 0.25) is 11.7 Å². The fraction of sp³-hybridized carbons (Fsp3) is 0.188.